The zero-order valence-corrected chi connectivity index (χ0v) is 13.5. The van der Waals surface area contributed by atoms with Gasteiger partial charge in [-0.25, -0.2) is 0 Å². The smallest absolute Gasteiger partial charge is 0.302 e. The Bertz CT molecular complexity index is 723. The van der Waals surface area contributed by atoms with Crippen molar-refractivity contribution in [3.63, 3.8) is 0 Å². The summed E-state index contributed by atoms with van der Waals surface area (Å²) in [5.74, 6) is 0.529. The van der Waals surface area contributed by atoms with Crippen molar-refractivity contribution < 1.29 is 24.1 Å². The molecule has 124 valence electrons. The monoisotopic (exact) mass is 319 g/mol. The maximum atomic E-state index is 11.2. The molecule has 0 saturated carbocycles. The number of esters is 1. The summed E-state index contributed by atoms with van der Waals surface area (Å²) in [4.78, 5) is 11.2. The minimum atomic E-state index is -0.490. The van der Waals surface area contributed by atoms with Gasteiger partial charge in [0, 0.05) is 38.4 Å². The molecule has 1 aromatic heterocycles. The molecule has 0 spiro atoms. The molecule has 3 unspecified atom stereocenters. The Kier molecular flexibility index (Phi) is 4.17. The van der Waals surface area contributed by atoms with Crippen molar-refractivity contribution >= 4 is 16.9 Å². The maximum Gasteiger partial charge on any atom is 0.302 e. The molecule has 1 aliphatic heterocycles. The van der Waals surface area contributed by atoms with Gasteiger partial charge in [0.25, 0.3) is 0 Å². The number of aromatic hydroxyl groups is 1. The number of hydrogen-bond donors (Lipinski definition) is 1. The molecule has 1 aliphatic rings. The predicted octanol–water partition coefficient (Wildman–Crippen LogP) is 2.72. The van der Waals surface area contributed by atoms with E-state index in [9.17, 15) is 9.90 Å². The molecule has 6 nitrogen and oxygen atoms in total. The second kappa shape index (κ2) is 6.12. The third kappa shape index (κ3) is 3.42. The lowest BCUT2D eigenvalue weighted by atomic mass is 10.1. The topological polar surface area (TPSA) is 69.9 Å². The summed E-state index contributed by atoms with van der Waals surface area (Å²) in [6, 6.07) is 5.14. The summed E-state index contributed by atoms with van der Waals surface area (Å²) in [7, 11) is 1.91. The number of hydrogen-bond acceptors (Lipinski definition) is 5. The lowest BCUT2D eigenvalue weighted by Crippen LogP contribution is -2.39. The van der Waals surface area contributed by atoms with Crippen LogP contribution in [-0.4, -0.2) is 34.1 Å². The van der Waals surface area contributed by atoms with Crippen LogP contribution in [0.4, 0.5) is 0 Å². The first kappa shape index (κ1) is 15.7. The van der Waals surface area contributed by atoms with Crippen LogP contribution < -0.4 is 4.74 Å². The van der Waals surface area contributed by atoms with E-state index >= 15 is 0 Å². The standard InChI is InChI=1S/C17H21NO5/c1-10-6-13(22-11(2)19)8-17(21-10)23-16-9-18(3)15-5-4-12(20)7-14(15)16/h4-5,7,9-10,13,17,20H,6,8H2,1-3H3. The number of ether oxygens (including phenoxy) is 3. The molecule has 3 rings (SSSR count). The predicted molar refractivity (Wildman–Crippen MR) is 84.3 cm³/mol. The Labute approximate surface area is 134 Å². The Morgan fingerprint density at radius 1 is 1.39 bits per heavy atom. The lowest BCUT2D eigenvalue weighted by molar-refractivity contribution is -0.185. The summed E-state index contributed by atoms with van der Waals surface area (Å²) >= 11 is 0. The van der Waals surface area contributed by atoms with Gasteiger partial charge in [-0.1, -0.05) is 0 Å². The van der Waals surface area contributed by atoms with Crippen LogP contribution in [-0.2, 0) is 21.3 Å². The molecule has 3 atom stereocenters. The van der Waals surface area contributed by atoms with Gasteiger partial charge in [0.2, 0.25) is 6.29 Å². The minimum absolute atomic E-state index is 0.0542. The van der Waals surface area contributed by atoms with E-state index in [1.54, 1.807) is 12.1 Å². The van der Waals surface area contributed by atoms with Crippen molar-refractivity contribution in [2.45, 2.75) is 45.2 Å². The quantitative estimate of drug-likeness (QED) is 0.881. The first-order valence-electron chi connectivity index (χ1n) is 7.69. The van der Waals surface area contributed by atoms with Crippen molar-refractivity contribution in [1.29, 1.82) is 0 Å². The summed E-state index contributed by atoms with van der Waals surface area (Å²) in [6.07, 6.45) is 2.25. The lowest BCUT2D eigenvalue weighted by Gasteiger charge is -2.33. The number of carbonyl (C=O) groups is 1. The van der Waals surface area contributed by atoms with Crippen LogP contribution in [0, 0.1) is 0 Å². The molecule has 2 aromatic rings. The molecule has 0 radical (unpaired) electrons. The van der Waals surface area contributed by atoms with Gasteiger partial charge in [0.15, 0.2) is 0 Å². The molecular formula is C17H21NO5. The average molecular weight is 319 g/mol. The molecule has 0 amide bonds. The highest BCUT2D eigenvalue weighted by Crippen LogP contribution is 2.33. The molecule has 0 bridgehead atoms. The molecule has 23 heavy (non-hydrogen) atoms. The fraction of sp³-hybridized carbons (Fsp3) is 0.471. The SMILES string of the molecule is CC(=O)OC1CC(C)OC(Oc2cn(C)c3ccc(O)cc23)C1. The first-order valence-corrected chi connectivity index (χ1v) is 7.69. The second-order valence-electron chi connectivity index (χ2n) is 6.00. The third-order valence-corrected chi connectivity index (χ3v) is 3.96. The zero-order valence-electron chi connectivity index (χ0n) is 13.5. The molecule has 0 aliphatic carbocycles. The van der Waals surface area contributed by atoms with E-state index in [1.165, 1.54) is 6.92 Å². The number of aryl methyl sites for hydroxylation is 1. The van der Waals surface area contributed by atoms with Crippen LogP contribution in [0.25, 0.3) is 10.9 Å². The zero-order chi connectivity index (χ0) is 16.6. The Morgan fingerprint density at radius 3 is 2.91 bits per heavy atom. The number of phenols is 1. The van der Waals surface area contributed by atoms with Crippen molar-refractivity contribution in [1.82, 2.24) is 4.57 Å². The van der Waals surface area contributed by atoms with Crippen molar-refractivity contribution in [2.75, 3.05) is 0 Å². The molecule has 6 heteroatoms. The highest BCUT2D eigenvalue weighted by Gasteiger charge is 2.31. The van der Waals surface area contributed by atoms with Crippen LogP contribution in [0.15, 0.2) is 24.4 Å². The highest BCUT2D eigenvalue weighted by molar-refractivity contribution is 5.88. The van der Waals surface area contributed by atoms with Crippen molar-refractivity contribution in [2.24, 2.45) is 7.05 Å². The third-order valence-electron chi connectivity index (χ3n) is 3.96. The number of benzene rings is 1. The molecule has 1 saturated heterocycles. The molecule has 2 heterocycles. The van der Waals surface area contributed by atoms with Gasteiger partial charge in [-0.15, -0.1) is 0 Å². The number of aromatic nitrogens is 1. The van der Waals surface area contributed by atoms with E-state index in [4.69, 9.17) is 14.2 Å². The summed E-state index contributed by atoms with van der Waals surface area (Å²) in [6.45, 7) is 3.34. The van der Waals surface area contributed by atoms with Gasteiger partial charge in [0.05, 0.1) is 11.6 Å². The molecule has 1 fully saturated rings. The van der Waals surface area contributed by atoms with Crippen LogP contribution in [0.5, 0.6) is 11.5 Å². The van der Waals surface area contributed by atoms with Crippen LogP contribution in [0.1, 0.15) is 26.7 Å². The first-order chi connectivity index (χ1) is 10.9. The van der Waals surface area contributed by atoms with Gasteiger partial charge >= 0.3 is 5.97 Å². The number of fused-ring (bicyclic) bond motifs is 1. The van der Waals surface area contributed by atoms with Gasteiger partial charge in [0.1, 0.15) is 17.6 Å². The van der Waals surface area contributed by atoms with Crippen LogP contribution >= 0.6 is 0 Å². The fourth-order valence-electron chi connectivity index (χ4n) is 3.04. The Morgan fingerprint density at radius 2 is 2.17 bits per heavy atom. The number of carbonyl (C=O) groups excluding carboxylic acids is 1. The number of rotatable bonds is 3. The largest absolute Gasteiger partial charge is 0.508 e. The van der Waals surface area contributed by atoms with E-state index < -0.39 is 6.29 Å². The van der Waals surface area contributed by atoms with Gasteiger partial charge < -0.3 is 23.9 Å². The van der Waals surface area contributed by atoms with Crippen molar-refractivity contribution in [3.05, 3.63) is 24.4 Å². The summed E-state index contributed by atoms with van der Waals surface area (Å²) in [5, 5.41) is 10.5. The second-order valence-corrected chi connectivity index (χ2v) is 6.00. The van der Waals surface area contributed by atoms with Crippen molar-refractivity contribution in [3.8, 4) is 11.5 Å². The molecule has 1 N–H and O–H groups in total. The Hall–Kier alpha value is -2.21. The fourth-order valence-corrected chi connectivity index (χ4v) is 3.04. The number of phenolic OH excluding ortho intramolecular Hbond substituents is 1. The average Bonchev–Trinajstić information content (AvgIpc) is 2.73. The van der Waals surface area contributed by atoms with Gasteiger partial charge in [-0.05, 0) is 25.1 Å². The van der Waals surface area contributed by atoms with Gasteiger partial charge in [-0.3, -0.25) is 4.79 Å². The van der Waals surface area contributed by atoms with E-state index in [2.05, 4.69) is 0 Å². The summed E-state index contributed by atoms with van der Waals surface area (Å²) in [5.41, 5.74) is 0.957. The maximum absolute atomic E-state index is 11.2. The molecule has 1 aromatic carbocycles. The highest BCUT2D eigenvalue weighted by atomic mass is 16.7. The Balaban J connectivity index is 1.81. The number of nitrogens with zero attached hydrogens (tertiary/aromatic N) is 1. The normalized spacial score (nSPS) is 24.6. The van der Waals surface area contributed by atoms with Crippen LogP contribution in [0.3, 0.4) is 0 Å². The molecular weight excluding hydrogens is 298 g/mol. The van der Waals surface area contributed by atoms with E-state index in [-0.39, 0.29) is 23.9 Å². The van der Waals surface area contributed by atoms with E-state index in [1.807, 2.05) is 30.8 Å². The van der Waals surface area contributed by atoms with Gasteiger partial charge in [-0.2, -0.15) is 0 Å². The van der Waals surface area contributed by atoms with E-state index in [0.29, 0.717) is 18.6 Å². The summed E-state index contributed by atoms with van der Waals surface area (Å²) < 4.78 is 19.0. The van der Waals surface area contributed by atoms with E-state index in [0.717, 1.165) is 10.9 Å². The van der Waals surface area contributed by atoms with Crippen LogP contribution in [0.2, 0.25) is 0 Å². The minimum Gasteiger partial charge on any atom is -0.508 e.